The molecule has 0 saturated carbocycles. The van der Waals surface area contributed by atoms with E-state index in [1.165, 1.54) is 22.7 Å². The van der Waals surface area contributed by atoms with E-state index in [0.29, 0.717) is 10.7 Å². The van der Waals surface area contributed by atoms with Crippen molar-refractivity contribution in [2.45, 2.75) is 0 Å². The maximum absolute atomic E-state index is 12.2. The molecule has 0 saturated heterocycles. The van der Waals surface area contributed by atoms with Gasteiger partial charge in [0.1, 0.15) is 0 Å². The van der Waals surface area contributed by atoms with Crippen LogP contribution in [-0.2, 0) is 0 Å². The number of nitrogens with zero attached hydrogens (tertiary/aromatic N) is 1. The van der Waals surface area contributed by atoms with E-state index < -0.39 is 0 Å². The fourth-order valence-corrected chi connectivity index (χ4v) is 4.12. The average Bonchev–Trinajstić information content (AvgIpc) is 3.08. The van der Waals surface area contributed by atoms with Crippen molar-refractivity contribution < 1.29 is 4.79 Å². The van der Waals surface area contributed by atoms with Crippen LogP contribution in [0.15, 0.2) is 41.8 Å². The van der Waals surface area contributed by atoms with Gasteiger partial charge in [0.05, 0.1) is 20.5 Å². The molecule has 0 bridgehead atoms. The molecule has 2 aromatic heterocycles. The van der Waals surface area contributed by atoms with Gasteiger partial charge in [0.15, 0.2) is 5.13 Å². The van der Waals surface area contributed by atoms with E-state index in [-0.39, 0.29) is 5.91 Å². The number of hydrogen-bond donors (Lipinski definition) is 1. The zero-order valence-corrected chi connectivity index (χ0v) is 15.0. The highest BCUT2D eigenvalue weighted by molar-refractivity contribution is 14.1. The molecule has 1 aromatic carbocycles. The van der Waals surface area contributed by atoms with Gasteiger partial charge in [0.25, 0.3) is 5.91 Å². The van der Waals surface area contributed by atoms with Crippen molar-refractivity contribution in [2.24, 2.45) is 0 Å². The van der Waals surface area contributed by atoms with Crippen molar-refractivity contribution in [1.82, 2.24) is 4.98 Å². The number of rotatable bonds is 3. The lowest BCUT2D eigenvalue weighted by molar-refractivity contribution is 0.102. The fourth-order valence-electron chi connectivity index (χ4n) is 1.71. The van der Waals surface area contributed by atoms with Crippen LogP contribution in [0, 0.1) is 3.57 Å². The summed E-state index contributed by atoms with van der Waals surface area (Å²) in [4.78, 5) is 17.6. The number of carbonyl (C=O) groups is 1. The normalized spacial score (nSPS) is 10.6. The first-order valence-electron chi connectivity index (χ1n) is 5.90. The summed E-state index contributed by atoms with van der Waals surface area (Å²) in [6, 6.07) is 11.2. The van der Waals surface area contributed by atoms with E-state index in [9.17, 15) is 4.79 Å². The SMILES string of the molecule is O=C(Nc1nc(-c2ccc(Cl)s2)cs1)c1ccccc1I. The van der Waals surface area contributed by atoms with Crippen molar-refractivity contribution in [3.8, 4) is 10.6 Å². The van der Waals surface area contributed by atoms with Crippen LogP contribution in [-0.4, -0.2) is 10.9 Å². The van der Waals surface area contributed by atoms with Gasteiger partial charge < -0.3 is 0 Å². The molecular weight excluding hydrogens is 439 g/mol. The zero-order valence-electron chi connectivity index (χ0n) is 10.5. The molecule has 21 heavy (non-hydrogen) atoms. The molecular formula is C14H8ClIN2OS2. The Kier molecular flexibility index (Phi) is 4.58. The topological polar surface area (TPSA) is 42.0 Å². The summed E-state index contributed by atoms with van der Waals surface area (Å²) in [6.45, 7) is 0. The molecule has 0 atom stereocenters. The predicted octanol–water partition coefficient (Wildman–Crippen LogP) is 5.38. The van der Waals surface area contributed by atoms with Crippen LogP contribution in [0.4, 0.5) is 5.13 Å². The number of nitrogens with one attached hydrogen (secondary N) is 1. The van der Waals surface area contributed by atoms with Crippen molar-refractivity contribution in [3.63, 3.8) is 0 Å². The third kappa shape index (κ3) is 3.45. The summed E-state index contributed by atoms with van der Waals surface area (Å²) in [7, 11) is 0. The van der Waals surface area contributed by atoms with Gasteiger partial charge in [-0.05, 0) is 46.9 Å². The van der Waals surface area contributed by atoms with Gasteiger partial charge in [-0.25, -0.2) is 4.98 Å². The van der Waals surface area contributed by atoms with Gasteiger partial charge in [-0.15, -0.1) is 22.7 Å². The molecule has 0 spiro atoms. The fraction of sp³-hybridized carbons (Fsp3) is 0. The van der Waals surface area contributed by atoms with Crippen molar-refractivity contribution in [1.29, 1.82) is 0 Å². The molecule has 0 aliphatic carbocycles. The Bertz CT molecular complexity index is 800. The van der Waals surface area contributed by atoms with E-state index in [1.807, 2.05) is 35.7 Å². The number of aromatic nitrogens is 1. The molecule has 0 fully saturated rings. The van der Waals surface area contributed by atoms with Crippen LogP contribution in [0.1, 0.15) is 10.4 Å². The molecule has 0 aliphatic heterocycles. The quantitative estimate of drug-likeness (QED) is 0.549. The molecule has 1 N–H and O–H groups in total. The highest BCUT2D eigenvalue weighted by Gasteiger charge is 2.12. The second kappa shape index (κ2) is 6.43. The van der Waals surface area contributed by atoms with E-state index in [4.69, 9.17) is 11.6 Å². The highest BCUT2D eigenvalue weighted by atomic mass is 127. The second-order valence-corrected chi connectivity index (χ2v) is 7.81. The Morgan fingerprint density at radius 1 is 1.24 bits per heavy atom. The van der Waals surface area contributed by atoms with E-state index in [0.717, 1.165) is 18.5 Å². The minimum atomic E-state index is -0.148. The summed E-state index contributed by atoms with van der Waals surface area (Å²) in [5.74, 6) is -0.148. The Morgan fingerprint density at radius 3 is 2.76 bits per heavy atom. The Hall–Kier alpha value is -0.960. The number of carbonyl (C=O) groups excluding carboxylic acids is 1. The molecule has 0 unspecified atom stereocenters. The second-order valence-electron chi connectivity index (χ2n) is 4.08. The minimum absolute atomic E-state index is 0.148. The number of hydrogen-bond acceptors (Lipinski definition) is 4. The number of anilines is 1. The summed E-state index contributed by atoms with van der Waals surface area (Å²) < 4.78 is 1.64. The van der Waals surface area contributed by atoms with Crippen LogP contribution in [0.25, 0.3) is 10.6 Å². The lowest BCUT2D eigenvalue weighted by Gasteiger charge is -2.03. The maximum Gasteiger partial charge on any atom is 0.258 e. The molecule has 2 heterocycles. The van der Waals surface area contributed by atoms with Crippen molar-refractivity contribution in [2.75, 3.05) is 5.32 Å². The summed E-state index contributed by atoms with van der Waals surface area (Å²) in [5.41, 5.74) is 1.48. The third-order valence-corrected chi connectivity index (χ3v) is 5.62. The Labute approximate surface area is 148 Å². The van der Waals surface area contributed by atoms with Crippen LogP contribution >= 0.6 is 56.9 Å². The number of thiophene rings is 1. The van der Waals surface area contributed by atoms with Gasteiger partial charge in [-0.2, -0.15) is 0 Å². The molecule has 0 radical (unpaired) electrons. The first kappa shape index (κ1) is 15.0. The molecule has 3 nitrogen and oxygen atoms in total. The third-order valence-electron chi connectivity index (χ3n) is 2.67. The van der Waals surface area contributed by atoms with Gasteiger partial charge in [-0.1, -0.05) is 23.7 Å². The van der Waals surface area contributed by atoms with E-state index in [1.54, 1.807) is 6.07 Å². The Morgan fingerprint density at radius 2 is 2.05 bits per heavy atom. The number of thiazole rings is 1. The predicted molar refractivity (Wildman–Crippen MR) is 97.5 cm³/mol. The molecule has 106 valence electrons. The largest absolute Gasteiger partial charge is 0.298 e. The first-order chi connectivity index (χ1) is 10.1. The highest BCUT2D eigenvalue weighted by Crippen LogP contribution is 2.33. The van der Waals surface area contributed by atoms with Crippen LogP contribution in [0.2, 0.25) is 4.34 Å². The molecule has 3 rings (SSSR count). The zero-order chi connectivity index (χ0) is 14.8. The van der Waals surface area contributed by atoms with E-state index >= 15 is 0 Å². The summed E-state index contributed by atoms with van der Waals surface area (Å²) in [5, 5.41) is 5.32. The van der Waals surface area contributed by atoms with Gasteiger partial charge in [-0.3, -0.25) is 10.1 Å². The standard InChI is InChI=1S/C14H8ClIN2OS2/c15-12-6-5-11(21-12)10-7-20-14(17-10)18-13(19)8-3-1-2-4-9(8)16/h1-7H,(H,17,18,19). The molecule has 1 amide bonds. The van der Waals surface area contributed by atoms with Crippen molar-refractivity contribution >= 4 is 67.9 Å². The average molecular weight is 447 g/mol. The molecule has 0 aliphatic rings. The van der Waals surface area contributed by atoms with Crippen LogP contribution < -0.4 is 5.32 Å². The lowest BCUT2D eigenvalue weighted by Crippen LogP contribution is -2.13. The number of amides is 1. The van der Waals surface area contributed by atoms with Crippen LogP contribution in [0.5, 0.6) is 0 Å². The van der Waals surface area contributed by atoms with Crippen LogP contribution in [0.3, 0.4) is 0 Å². The first-order valence-corrected chi connectivity index (χ1v) is 9.06. The van der Waals surface area contributed by atoms with Crippen molar-refractivity contribution in [3.05, 3.63) is 55.2 Å². The number of benzene rings is 1. The smallest absolute Gasteiger partial charge is 0.258 e. The number of halogens is 2. The van der Waals surface area contributed by atoms with Gasteiger partial charge in [0.2, 0.25) is 0 Å². The van der Waals surface area contributed by atoms with E-state index in [2.05, 4.69) is 32.9 Å². The Balaban J connectivity index is 1.79. The lowest BCUT2D eigenvalue weighted by atomic mass is 10.2. The van der Waals surface area contributed by atoms with Gasteiger partial charge >= 0.3 is 0 Å². The monoisotopic (exact) mass is 446 g/mol. The summed E-state index contributed by atoms with van der Waals surface area (Å²) >= 11 is 10.9. The van der Waals surface area contributed by atoms with Gasteiger partial charge in [0, 0.05) is 8.95 Å². The maximum atomic E-state index is 12.2. The molecule has 7 heteroatoms. The minimum Gasteiger partial charge on any atom is -0.298 e. The molecule has 3 aromatic rings. The summed E-state index contributed by atoms with van der Waals surface area (Å²) in [6.07, 6.45) is 0.